The van der Waals surface area contributed by atoms with E-state index in [-0.39, 0.29) is 11.7 Å². The Labute approximate surface area is 166 Å². The van der Waals surface area contributed by atoms with Crippen LogP contribution in [-0.2, 0) is 11.3 Å². The zero-order valence-corrected chi connectivity index (χ0v) is 16.5. The molecule has 140 valence electrons. The van der Waals surface area contributed by atoms with E-state index in [0.717, 1.165) is 22.5 Å². The number of aromatic nitrogens is 2. The predicted molar refractivity (Wildman–Crippen MR) is 108 cm³/mol. The van der Waals surface area contributed by atoms with Crippen LogP contribution in [0.3, 0.4) is 0 Å². The van der Waals surface area contributed by atoms with Crippen molar-refractivity contribution in [2.24, 2.45) is 0 Å². The van der Waals surface area contributed by atoms with Crippen molar-refractivity contribution in [3.8, 4) is 0 Å². The van der Waals surface area contributed by atoms with E-state index in [1.807, 2.05) is 50.2 Å². The Morgan fingerprint density at radius 1 is 1.19 bits per heavy atom. The molecule has 1 amide bonds. The summed E-state index contributed by atoms with van der Waals surface area (Å²) in [5.41, 5.74) is 3.87. The predicted octanol–water partition coefficient (Wildman–Crippen LogP) is 4.68. The third kappa shape index (κ3) is 5.48. The molecule has 3 rings (SSSR count). The Morgan fingerprint density at radius 3 is 2.81 bits per heavy atom. The fraction of sp³-hybridized carbons (Fsp3) is 0.211. The van der Waals surface area contributed by atoms with Crippen LogP contribution >= 0.6 is 23.4 Å². The Balaban J connectivity index is 1.49. The van der Waals surface area contributed by atoms with Crippen LogP contribution in [0.4, 0.5) is 11.4 Å². The van der Waals surface area contributed by atoms with Gasteiger partial charge < -0.3 is 15.1 Å². The van der Waals surface area contributed by atoms with E-state index in [4.69, 9.17) is 16.0 Å². The van der Waals surface area contributed by atoms with E-state index in [0.29, 0.717) is 22.7 Å². The number of nitrogens with zero attached hydrogens (tertiary/aromatic N) is 2. The summed E-state index contributed by atoms with van der Waals surface area (Å²) in [5, 5.41) is 15.0. The molecular weight excluding hydrogens is 384 g/mol. The van der Waals surface area contributed by atoms with Gasteiger partial charge in [-0.05, 0) is 49.2 Å². The molecule has 0 bridgehead atoms. The molecule has 0 spiro atoms. The maximum Gasteiger partial charge on any atom is 0.277 e. The van der Waals surface area contributed by atoms with E-state index in [1.165, 1.54) is 11.8 Å². The largest absolute Gasteiger partial charge is 0.414 e. The number of thioether (sulfide) groups is 1. The Kier molecular flexibility index (Phi) is 6.36. The molecule has 27 heavy (non-hydrogen) atoms. The topological polar surface area (TPSA) is 80.0 Å². The molecule has 0 aliphatic heterocycles. The highest BCUT2D eigenvalue weighted by molar-refractivity contribution is 7.99. The fourth-order valence-electron chi connectivity index (χ4n) is 2.34. The molecule has 0 unspecified atom stereocenters. The third-order valence-corrected chi connectivity index (χ3v) is 4.98. The molecule has 8 heteroatoms. The highest BCUT2D eigenvalue weighted by atomic mass is 35.5. The van der Waals surface area contributed by atoms with Gasteiger partial charge in [-0.15, -0.1) is 10.2 Å². The fourth-order valence-corrected chi connectivity index (χ4v) is 3.11. The standard InChI is InChI=1S/C19H19ClN4O2S/c1-12-5-3-8-16(13(12)2)22-17(25)11-27-19-24-23-18(26-19)10-21-15-7-4-6-14(20)9-15/h3-9,21H,10-11H2,1-2H3,(H,22,25). The van der Waals surface area contributed by atoms with Crippen LogP contribution in [0.2, 0.25) is 5.02 Å². The summed E-state index contributed by atoms with van der Waals surface area (Å²) in [4.78, 5) is 12.2. The highest BCUT2D eigenvalue weighted by Crippen LogP contribution is 2.21. The molecule has 0 fully saturated rings. The number of nitrogens with one attached hydrogen (secondary N) is 2. The zero-order chi connectivity index (χ0) is 19.2. The van der Waals surface area contributed by atoms with Gasteiger partial charge in [0.05, 0.1) is 12.3 Å². The Morgan fingerprint density at radius 2 is 2.00 bits per heavy atom. The minimum Gasteiger partial charge on any atom is -0.414 e. The number of benzene rings is 2. The van der Waals surface area contributed by atoms with E-state index >= 15 is 0 Å². The van der Waals surface area contributed by atoms with Gasteiger partial charge in [-0.25, -0.2) is 0 Å². The first kappa shape index (κ1) is 19.3. The second-order valence-corrected chi connectivity index (χ2v) is 7.27. The summed E-state index contributed by atoms with van der Waals surface area (Å²) < 4.78 is 5.54. The van der Waals surface area contributed by atoms with Crippen LogP contribution in [0.25, 0.3) is 0 Å². The molecule has 1 aromatic heterocycles. The van der Waals surface area contributed by atoms with Crippen LogP contribution in [0.15, 0.2) is 52.1 Å². The lowest BCUT2D eigenvalue weighted by Gasteiger charge is -2.09. The summed E-state index contributed by atoms with van der Waals surface area (Å²) >= 11 is 7.15. The molecule has 2 aromatic carbocycles. The minimum absolute atomic E-state index is 0.120. The number of hydrogen-bond acceptors (Lipinski definition) is 6. The molecule has 6 nitrogen and oxygen atoms in total. The molecule has 0 aliphatic rings. The SMILES string of the molecule is Cc1cccc(NC(=O)CSc2nnc(CNc3cccc(Cl)c3)o2)c1C. The van der Waals surface area contributed by atoms with Crippen molar-refractivity contribution < 1.29 is 9.21 Å². The highest BCUT2D eigenvalue weighted by Gasteiger charge is 2.11. The average Bonchev–Trinajstić information content (AvgIpc) is 3.10. The van der Waals surface area contributed by atoms with Gasteiger partial charge in [-0.1, -0.05) is 41.6 Å². The van der Waals surface area contributed by atoms with Gasteiger partial charge in [0.25, 0.3) is 5.22 Å². The third-order valence-electron chi connectivity index (χ3n) is 3.92. The number of halogens is 1. The first-order chi connectivity index (χ1) is 13.0. The second kappa shape index (κ2) is 8.92. The summed E-state index contributed by atoms with van der Waals surface area (Å²) in [6.45, 7) is 4.37. The average molecular weight is 403 g/mol. The number of carbonyl (C=O) groups is 1. The smallest absolute Gasteiger partial charge is 0.277 e. The molecule has 2 N–H and O–H groups in total. The van der Waals surface area contributed by atoms with Gasteiger partial charge in [-0.2, -0.15) is 0 Å². The molecule has 3 aromatic rings. The molecular formula is C19H19ClN4O2S. The van der Waals surface area contributed by atoms with Crippen LogP contribution in [0.5, 0.6) is 0 Å². The molecule has 0 saturated heterocycles. The molecule has 1 heterocycles. The van der Waals surface area contributed by atoms with Crippen molar-refractivity contribution in [3.63, 3.8) is 0 Å². The van der Waals surface area contributed by atoms with Crippen molar-refractivity contribution in [2.75, 3.05) is 16.4 Å². The zero-order valence-electron chi connectivity index (χ0n) is 15.0. The molecule has 0 atom stereocenters. The van der Waals surface area contributed by atoms with E-state index in [2.05, 4.69) is 20.8 Å². The van der Waals surface area contributed by atoms with Crippen LogP contribution in [0, 0.1) is 13.8 Å². The van der Waals surface area contributed by atoms with Crippen LogP contribution in [-0.4, -0.2) is 21.9 Å². The lowest BCUT2D eigenvalue weighted by Crippen LogP contribution is -2.15. The van der Waals surface area contributed by atoms with Gasteiger partial charge in [0, 0.05) is 16.4 Å². The number of anilines is 2. The number of aryl methyl sites for hydroxylation is 1. The van der Waals surface area contributed by atoms with Gasteiger partial charge in [0.2, 0.25) is 11.8 Å². The quantitative estimate of drug-likeness (QED) is 0.558. The van der Waals surface area contributed by atoms with Gasteiger partial charge in [0.1, 0.15) is 0 Å². The van der Waals surface area contributed by atoms with Gasteiger partial charge in [-0.3, -0.25) is 4.79 Å². The first-order valence-electron chi connectivity index (χ1n) is 8.32. The van der Waals surface area contributed by atoms with Crippen LogP contribution in [0.1, 0.15) is 17.0 Å². The lowest BCUT2D eigenvalue weighted by molar-refractivity contribution is -0.113. The van der Waals surface area contributed by atoms with Crippen LogP contribution < -0.4 is 10.6 Å². The summed E-state index contributed by atoms with van der Waals surface area (Å²) in [7, 11) is 0. The van der Waals surface area contributed by atoms with Crippen molar-refractivity contribution >= 4 is 40.6 Å². The van der Waals surface area contributed by atoms with E-state index < -0.39 is 0 Å². The monoisotopic (exact) mass is 402 g/mol. The first-order valence-corrected chi connectivity index (χ1v) is 9.68. The molecule has 0 radical (unpaired) electrons. The number of carbonyl (C=O) groups excluding carboxylic acids is 1. The second-order valence-electron chi connectivity index (χ2n) is 5.91. The van der Waals surface area contributed by atoms with Gasteiger partial charge in [0.15, 0.2) is 0 Å². The number of hydrogen-bond donors (Lipinski definition) is 2. The normalized spacial score (nSPS) is 10.6. The Bertz CT molecular complexity index is 945. The van der Waals surface area contributed by atoms with Gasteiger partial charge >= 0.3 is 0 Å². The van der Waals surface area contributed by atoms with Crippen molar-refractivity contribution in [1.82, 2.24) is 10.2 Å². The van der Waals surface area contributed by atoms with E-state index in [1.54, 1.807) is 6.07 Å². The minimum atomic E-state index is -0.120. The summed E-state index contributed by atoms with van der Waals surface area (Å²) in [5.74, 6) is 0.509. The summed E-state index contributed by atoms with van der Waals surface area (Å²) in [6.07, 6.45) is 0. The maximum absolute atomic E-state index is 12.2. The van der Waals surface area contributed by atoms with Crippen molar-refractivity contribution in [2.45, 2.75) is 25.6 Å². The number of amides is 1. The van der Waals surface area contributed by atoms with Crippen molar-refractivity contribution in [3.05, 3.63) is 64.5 Å². The number of rotatable bonds is 7. The van der Waals surface area contributed by atoms with Crippen molar-refractivity contribution in [1.29, 1.82) is 0 Å². The molecule has 0 saturated carbocycles. The maximum atomic E-state index is 12.2. The summed E-state index contributed by atoms with van der Waals surface area (Å²) in [6, 6.07) is 13.2. The molecule has 0 aliphatic carbocycles. The van der Waals surface area contributed by atoms with E-state index in [9.17, 15) is 4.79 Å². The Hall–Kier alpha value is -2.51. The lowest BCUT2D eigenvalue weighted by atomic mass is 10.1.